The molecule has 1 aliphatic rings. The molecule has 0 saturated heterocycles. The van der Waals surface area contributed by atoms with Crippen LogP contribution in [0.2, 0.25) is 0 Å². The first-order valence-corrected chi connectivity index (χ1v) is 9.36. The Labute approximate surface area is 134 Å². The number of thiazole rings is 1. The molecule has 1 aromatic heterocycles. The molecule has 0 unspecified atom stereocenters. The van der Waals surface area contributed by atoms with Crippen LogP contribution in [-0.4, -0.2) is 30.5 Å². The van der Waals surface area contributed by atoms with Gasteiger partial charge in [0.15, 0.2) is 15.0 Å². The fourth-order valence-corrected chi connectivity index (χ4v) is 4.47. The standard InChI is InChI=1S/C14H18N2O3S2.H2O/c1-2-3-9-21(18,19)12-10-15-14(20-12)16-13(17)11-7-5-4-6-8-11;/h5,7-8,10H,2-4,6,9H2,1H3,(H,15,16,17);1H2. The van der Waals surface area contributed by atoms with Crippen molar-refractivity contribution in [2.45, 2.75) is 36.8 Å². The zero-order valence-corrected chi connectivity index (χ0v) is 14.0. The molecule has 0 fully saturated rings. The highest BCUT2D eigenvalue weighted by Crippen LogP contribution is 2.25. The van der Waals surface area contributed by atoms with Gasteiger partial charge >= 0.3 is 0 Å². The average Bonchev–Trinajstić information content (AvgIpc) is 2.95. The highest BCUT2D eigenvalue weighted by molar-refractivity contribution is 7.93. The Hall–Kier alpha value is -1.51. The Morgan fingerprint density at radius 2 is 2.18 bits per heavy atom. The fraction of sp³-hybridized carbons (Fsp3) is 0.429. The van der Waals surface area contributed by atoms with Gasteiger partial charge in [0.25, 0.3) is 5.91 Å². The van der Waals surface area contributed by atoms with Crippen molar-refractivity contribution in [2.24, 2.45) is 0 Å². The van der Waals surface area contributed by atoms with Crippen LogP contribution in [0.15, 0.2) is 34.2 Å². The van der Waals surface area contributed by atoms with Crippen molar-refractivity contribution in [2.75, 3.05) is 11.1 Å². The van der Waals surface area contributed by atoms with E-state index in [1.807, 2.05) is 19.1 Å². The van der Waals surface area contributed by atoms with Crippen molar-refractivity contribution in [3.8, 4) is 0 Å². The molecule has 8 heteroatoms. The number of rotatable bonds is 6. The summed E-state index contributed by atoms with van der Waals surface area (Å²) in [5.74, 6) is -0.134. The van der Waals surface area contributed by atoms with Crippen LogP contribution in [0.5, 0.6) is 0 Å². The summed E-state index contributed by atoms with van der Waals surface area (Å²) in [5, 5.41) is 2.96. The van der Waals surface area contributed by atoms with Gasteiger partial charge in [-0.3, -0.25) is 10.1 Å². The van der Waals surface area contributed by atoms with E-state index in [1.54, 1.807) is 6.08 Å². The summed E-state index contributed by atoms with van der Waals surface area (Å²) in [6, 6.07) is 0. The zero-order valence-electron chi connectivity index (χ0n) is 12.3. The zero-order chi connectivity index (χ0) is 15.3. The van der Waals surface area contributed by atoms with Crippen molar-refractivity contribution in [1.82, 2.24) is 4.98 Å². The molecular formula is C14H20N2O4S2. The molecular weight excluding hydrogens is 324 g/mol. The number of sulfone groups is 1. The predicted molar refractivity (Wildman–Crippen MR) is 87.8 cm³/mol. The van der Waals surface area contributed by atoms with Gasteiger partial charge in [-0.1, -0.05) is 42.9 Å². The Morgan fingerprint density at radius 1 is 1.41 bits per heavy atom. The van der Waals surface area contributed by atoms with Crippen LogP contribution in [0.4, 0.5) is 5.13 Å². The van der Waals surface area contributed by atoms with E-state index in [0.717, 1.165) is 30.6 Å². The molecule has 1 amide bonds. The van der Waals surface area contributed by atoms with Gasteiger partial charge in [0.05, 0.1) is 11.9 Å². The van der Waals surface area contributed by atoms with Crippen LogP contribution in [-0.2, 0) is 14.6 Å². The molecule has 0 aromatic carbocycles. The lowest BCUT2D eigenvalue weighted by Gasteiger charge is -2.05. The molecule has 0 aliphatic heterocycles. The van der Waals surface area contributed by atoms with Crippen LogP contribution < -0.4 is 5.32 Å². The van der Waals surface area contributed by atoms with Crippen LogP contribution in [0.25, 0.3) is 0 Å². The first-order chi connectivity index (χ1) is 10.0. The third-order valence-electron chi connectivity index (χ3n) is 3.04. The number of allylic oxidation sites excluding steroid dienone is 2. The molecule has 1 aromatic rings. The minimum Gasteiger partial charge on any atom is -0.412 e. The van der Waals surface area contributed by atoms with Gasteiger partial charge in [-0.15, -0.1) is 0 Å². The lowest BCUT2D eigenvalue weighted by molar-refractivity contribution is -0.112. The summed E-state index contributed by atoms with van der Waals surface area (Å²) in [7, 11) is -3.29. The molecule has 1 aliphatic carbocycles. The SMILES string of the molecule is CCCCS(=O)(=O)c1cnc(NC(=O)C2=CCCC=C2)s1.O. The Morgan fingerprint density at radius 3 is 2.82 bits per heavy atom. The molecule has 0 saturated carbocycles. The summed E-state index contributed by atoms with van der Waals surface area (Å²) in [6.07, 6.45) is 10.1. The Bertz CT molecular complexity index is 675. The Balaban J connectivity index is 0.00000242. The topological polar surface area (TPSA) is 108 Å². The van der Waals surface area contributed by atoms with Crippen molar-refractivity contribution >= 4 is 32.2 Å². The van der Waals surface area contributed by atoms with Crippen molar-refractivity contribution < 1.29 is 18.7 Å². The van der Waals surface area contributed by atoms with Crippen LogP contribution in [0.3, 0.4) is 0 Å². The number of nitrogens with one attached hydrogen (secondary N) is 1. The minimum atomic E-state index is -3.29. The number of aromatic nitrogens is 1. The van der Waals surface area contributed by atoms with Gasteiger partial charge < -0.3 is 5.48 Å². The minimum absolute atomic E-state index is 0. The van der Waals surface area contributed by atoms with Crippen molar-refractivity contribution in [3.63, 3.8) is 0 Å². The highest BCUT2D eigenvalue weighted by Gasteiger charge is 2.19. The van der Waals surface area contributed by atoms with E-state index in [9.17, 15) is 13.2 Å². The van der Waals surface area contributed by atoms with Gasteiger partial charge in [-0.25, -0.2) is 13.4 Å². The normalized spacial score (nSPS) is 14.1. The molecule has 1 heterocycles. The summed E-state index contributed by atoms with van der Waals surface area (Å²) >= 11 is 1.00. The van der Waals surface area contributed by atoms with Gasteiger partial charge in [-0.2, -0.15) is 0 Å². The highest BCUT2D eigenvalue weighted by atomic mass is 32.2. The predicted octanol–water partition coefficient (Wildman–Crippen LogP) is 2.11. The maximum Gasteiger partial charge on any atom is 0.257 e. The Kier molecular flexibility index (Phi) is 6.92. The van der Waals surface area contributed by atoms with E-state index < -0.39 is 9.84 Å². The van der Waals surface area contributed by atoms with E-state index in [4.69, 9.17) is 0 Å². The third-order valence-corrected chi connectivity index (χ3v) is 6.30. The van der Waals surface area contributed by atoms with E-state index in [1.165, 1.54) is 6.20 Å². The maximum absolute atomic E-state index is 12.0. The summed E-state index contributed by atoms with van der Waals surface area (Å²) < 4.78 is 24.3. The quantitative estimate of drug-likeness (QED) is 0.852. The van der Waals surface area contributed by atoms with Gasteiger partial charge in [0.1, 0.15) is 4.21 Å². The molecule has 2 rings (SSSR count). The first-order valence-electron chi connectivity index (χ1n) is 6.89. The average molecular weight is 344 g/mol. The first kappa shape index (κ1) is 18.5. The van der Waals surface area contributed by atoms with Gasteiger partial charge in [0.2, 0.25) is 0 Å². The second kappa shape index (κ2) is 8.21. The van der Waals surface area contributed by atoms with E-state index >= 15 is 0 Å². The second-order valence-corrected chi connectivity index (χ2v) is 8.12. The summed E-state index contributed by atoms with van der Waals surface area (Å²) in [5.41, 5.74) is 0.590. The van der Waals surface area contributed by atoms with E-state index in [-0.39, 0.29) is 21.3 Å². The van der Waals surface area contributed by atoms with Crippen LogP contribution in [0.1, 0.15) is 32.6 Å². The molecule has 0 radical (unpaired) electrons. The third kappa shape index (κ3) is 4.75. The lowest BCUT2D eigenvalue weighted by Crippen LogP contribution is -2.13. The monoisotopic (exact) mass is 344 g/mol. The van der Waals surface area contributed by atoms with Gasteiger partial charge in [0, 0.05) is 5.57 Å². The molecule has 0 bridgehead atoms. The smallest absolute Gasteiger partial charge is 0.257 e. The number of hydrogen-bond donors (Lipinski definition) is 1. The number of amides is 1. The van der Waals surface area contributed by atoms with Crippen molar-refractivity contribution in [3.05, 3.63) is 30.0 Å². The largest absolute Gasteiger partial charge is 0.412 e. The second-order valence-electron chi connectivity index (χ2n) is 4.75. The number of hydrogen-bond acceptors (Lipinski definition) is 5. The molecule has 22 heavy (non-hydrogen) atoms. The van der Waals surface area contributed by atoms with Crippen LogP contribution in [0, 0.1) is 0 Å². The van der Waals surface area contributed by atoms with Crippen LogP contribution >= 0.6 is 11.3 Å². The number of unbranched alkanes of at least 4 members (excludes halogenated alkanes) is 1. The van der Waals surface area contributed by atoms with E-state index in [2.05, 4.69) is 10.3 Å². The maximum atomic E-state index is 12.0. The summed E-state index contributed by atoms with van der Waals surface area (Å²) in [6.45, 7) is 1.94. The molecule has 0 atom stereocenters. The number of anilines is 1. The number of carbonyl (C=O) groups is 1. The molecule has 6 nitrogen and oxygen atoms in total. The lowest BCUT2D eigenvalue weighted by atomic mass is 10.1. The molecule has 3 N–H and O–H groups in total. The number of nitrogens with zero attached hydrogens (tertiary/aromatic N) is 1. The van der Waals surface area contributed by atoms with Gasteiger partial charge in [-0.05, 0) is 19.3 Å². The fourth-order valence-electron chi connectivity index (χ4n) is 1.85. The number of carbonyl (C=O) groups excluding carboxylic acids is 1. The van der Waals surface area contributed by atoms with Crippen molar-refractivity contribution in [1.29, 1.82) is 0 Å². The molecule has 0 spiro atoms. The summed E-state index contributed by atoms with van der Waals surface area (Å²) in [4.78, 5) is 16.0. The van der Waals surface area contributed by atoms with E-state index in [0.29, 0.717) is 17.1 Å². The molecule has 122 valence electrons.